The molecule has 2 bridgehead atoms. The number of H-pyrrole nitrogens is 1. The van der Waals surface area contributed by atoms with Crippen molar-refractivity contribution in [1.29, 1.82) is 0 Å². The van der Waals surface area contributed by atoms with Crippen molar-refractivity contribution in [1.82, 2.24) is 20.2 Å². The summed E-state index contributed by atoms with van der Waals surface area (Å²) < 4.78 is 12.3. The largest absolute Gasteiger partial charge is 0.504 e. The number of esters is 1. The van der Waals surface area contributed by atoms with E-state index in [0.29, 0.717) is 24.3 Å². The molecule has 11 heteroatoms. The molecule has 2 aliphatic heterocycles. The average molecular weight is 510 g/mol. The summed E-state index contributed by atoms with van der Waals surface area (Å²) in [5, 5.41) is 25.6. The van der Waals surface area contributed by atoms with E-state index in [1.54, 1.807) is 18.3 Å². The highest BCUT2D eigenvalue weighted by molar-refractivity contribution is 5.85. The maximum atomic E-state index is 13.5. The second kappa shape index (κ2) is 8.57. The Morgan fingerprint density at radius 3 is 3.03 bits per heavy atom. The normalized spacial score (nSPS) is 30.1. The molecule has 1 aromatic carbocycles. The lowest BCUT2D eigenvalue weighted by Crippen LogP contribution is -2.74. The standard InChI is InChI=1S/C26H31N5O6/c1-31-9-7-25-21-14-2-3-17(32)22(21)37-23(25)18(4-6-26(25,35)19(31)10-14)36-24(34)16(30-20(33)5-8-27)11-15-12-28-13-29-15/h2-4,12-13,16,19,23,32,35H,5-11,27H2,1H3,(H,28,29)(H,30,33)/t16-,19?,23-,25-,26-/m0/s1. The highest BCUT2D eigenvalue weighted by Crippen LogP contribution is 2.65. The molecule has 1 fully saturated rings. The summed E-state index contributed by atoms with van der Waals surface area (Å²) in [6.45, 7) is 0.875. The molecule has 2 aliphatic carbocycles. The number of imidazole rings is 1. The first kappa shape index (κ1) is 24.0. The monoisotopic (exact) mass is 509 g/mol. The second-order valence-corrected chi connectivity index (χ2v) is 10.5. The Bertz CT molecular complexity index is 1280. The van der Waals surface area contributed by atoms with Gasteiger partial charge in [-0.15, -0.1) is 0 Å². The Balaban J connectivity index is 1.35. The SMILES string of the molecule is CN1CC[C@]23c4c5ccc(O)c4O[C@H]2C(OC(=O)[C@H](Cc2cnc[nH]2)NC(=O)CCN)=CC[C@]3(O)C1C5. The van der Waals surface area contributed by atoms with E-state index in [0.717, 1.165) is 17.7 Å². The van der Waals surface area contributed by atoms with Gasteiger partial charge in [0.05, 0.1) is 17.3 Å². The number of likely N-dealkylation sites (N-methyl/N-ethyl adjacent to an activating group) is 1. The fourth-order valence-electron chi connectivity index (χ4n) is 6.83. The zero-order valence-corrected chi connectivity index (χ0v) is 20.6. The highest BCUT2D eigenvalue weighted by atomic mass is 16.6. The molecule has 0 radical (unpaired) electrons. The van der Waals surface area contributed by atoms with Gasteiger partial charge in [0, 0.05) is 49.3 Å². The number of nitrogens with one attached hydrogen (secondary N) is 2. The van der Waals surface area contributed by atoms with Gasteiger partial charge in [0.25, 0.3) is 0 Å². The van der Waals surface area contributed by atoms with E-state index in [1.165, 1.54) is 6.33 Å². The van der Waals surface area contributed by atoms with E-state index in [1.807, 2.05) is 13.1 Å². The highest BCUT2D eigenvalue weighted by Gasteiger charge is 2.72. The lowest BCUT2D eigenvalue weighted by atomic mass is 9.50. The number of likely N-dealkylation sites (tertiary alicyclic amines) is 1. The molecular formula is C26H31N5O6. The summed E-state index contributed by atoms with van der Waals surface area (Å²) in [6.07, 6.45) is 5.71. The number of phenols is 1. The molecule has 6 rings (SSSR count). The van der Waals surface area contributed by atoms with Crippen LogP contribution in [0.25, 0.3) is 0 Å². The fraction of sp³-hybridized carbons (Fsp3) is 0.500. The Hall–Kier alpha value is -3.41. The van der Waals surface area contributed by atoms with E-state index in [4.69, 9.17) is 15.2 Å². The van der Waals surface area contributed by atoms with E-state index in [2.05, 4.69) is 20.2 Å². The third kappa shape index (κ3) is 3.41. The third-order valence-electron chi connectivity index (χ3n) is 8.54. The first-order valence-electron chi connectivity index (χ1n) is 12.6. The minimum Gasteiger partial charge on any atom is -0.504 e. The summed E-state index contributed by atoms with van der Waals surface area (Å²) in [4.78, 5) is 34.9. The molecule has 2 aromatic rings. The van der Waals surface area contributed by atoms with E-state index in [9.17, 15) is 19.8 Å². The molecule has 37 heavy (non-hydrogen) atoms. The Morgan fingerprint density at radius 1 is 1.43 bits per heavy atom. The first-order valence-corrected chi connectivity index (χ1v) is 12.6. The number of nitrogens with two attached hydrogens (primary N) is 1. The van der Waals surface area contributed by atoms with Gasteiger partial charge in [-0.1, -0.05) is 6.07 Å². The number of benzene rings is 1. The van der Waals surface area contributed by atoms with Crippen molar-refractivity contribution in [2.75, 3.05) is 20.1 Å². The van der Waals surface area contributed by atoms with Crippen molar-refractivity contribution in [2.45, 2.75) is 61.3 Å². The van der Waals surface area contributed by atoms with Crippen LogP contribution in [-0.2, 0) is 32.6 Å². The number of ether oxygens (including phenoxy) is 2. The van der Waals surface area contributed by atoms with Gasteiger partial charge in [-0.2, -0.15) is 0 Å². The zero-order valence-electron chi connectivity index (χ0n) is 20.6. The molecule has 5 atom stereocenters. The van der Waals surface area contributed by atoms with Crippen molar-refractivity contribution in [2.24, 2.45) is 5.73 Å². The number of phenolic OH excluding ortho intramolecular Hbond substituents is 1. The van der Waals surface area contributed by atoms with Crippen LogP contribution in [0.5, 0.6) is 11.5 Å². The van der Waals surface area contributed by atoms with Gasteiger partial charge in [-0.05, 0) is 44.1 Å². The zero-order chi connectivity index (χ0) is 25.9. The summed E-state index contributed by atoms with van der Waals surface area (Å²) >= 11 is 0. The Kier molecular flexibility index (Phi) is 5.55. The third-order valence-corrected chi connectivity index (χ3v) is 8.54. The summed E-state index contributed by atoms with van der Waals surface area (Å²) in [5.41, 5.74) is 5.99. The topological polar surface area (TPSA) is 163 Å². The van der Waals surface area contributed by atoms with Gasteiger partial charge >= 0.3 is 5.97 Å². The summed E-state index contributed by atoms with van der Waals surface area (Å²) in [6, 6.07) is 2.38. The van der Waals surface area contributed by atoms with Crippen LogP contribution < -0.4 is 15.8 Å². The minimum atomic E-state index is -1.16. The Labute approximate surface area is 213 Å². The van der Waals surface area contributed by atoms with Crippen molar-refractivity contribution in [3.05, 3.63) is 53.3 Å². The maximum absolute atomic E-state index is 13.5. The number of aromatic nitrogens is 2. The molecule has 3 heterocycles. The molecule has 1 spiro atoms. The van der Waals surface area contributed by atoms with Crippen molar-refractivity contribution < 1.29 is 29.3 Å². The number of hydrogen-bond donors (Lipinski definition) is 5. The number of carbonyl (C=O) groups excluding carboxylic acids is 2. The van der Waals surface area contributed by atoms with Crippen LogP contribution in [0.2, 0.25) is 0 Å². The van der Waals surface area contributed by atoms with Gasteiger partial charge in [-0.25, -0.2) is 9.78 Å². The molecule has 1 aromatic heterocycles. The number of nitrogens with zero attached hydrogens (tertiary/aromatic N) is 2. The molecule has 4 aliphatic rings. The fourth-order valence-corrected chi connectivity index (χ4v) is 6.83. The van der Waals surface area contributed by atoms with Gasteiger partial charge < -0.3 is 40.6 Å². The van der Waals surface area contributed by atoms with Crippen LogP contribution >= 0.6 is 0 Å². The van der Waals surface area contributed by atoms with Gasteiger partial charge in [0.2, 0.25) is 5.91 Å². The van der Waals surface area contributed by atoms with Crippen LogP contribution in [-0.4, -0.2) is 80.9 Å². The lowest BCUT2D eigenvalue weighted by Gasteiger charge is -2.61. The molecule has 6 N–H and O–H groups in total. The predicted octanol–water partition coefficient (Wildman–Crippen LogP) is 0.0125. The molecule has 1 unspecified atom stereocenters. The molecule has 11 nitrogen and oxygen atoms in total. The van der Waals surface area contributed by atoms with E-state index < -0.39 is 29.1 Å². The number of piperidine rings is 1. The van der Waals surface area contributed by atoms with Crippen molar-refractivity contribution in [3.8, 4) is 11.5 Å². The van der Waals surface area contributed by atoms with Crippen LogP contribution in [0.3, 0.4) is 0 Å². The molecule has 0 saturated carbocycles. The molecule has 1 amide bonds. The van der Waals surface area contributed by atoms with Crippen LogP contribution in [0.1, 0.15) is 36.1 Å². The minimum absolute atomic E-state index is 0.000834. The number of amides is 1. The molecule has 196 valence electrons. The number of aliphatic hydroxyl groups is 1. The molecule has 1 saturated heterocycles. The van der Waals surface area contributed by atoms with Crippen molar-refractivity contribution >= 4 is 11.9 Å². The van der Waals surface area contributed by atoms with Crippen molar-refractivity contribution in [3.63, 3.8) is 0 Å². The van der Waals surface area contributed by atoms with Crippen LogP contribution in [0.4, 0.5) is 0 Å². The second-order valence-electron chi connectivity index (χ2n) is 10.5. The number of carbonyl (C=O) groups is 2. The van der Waals surface area contributed by atoms with Gasteiger partial charge in [0.15, 0.2) is 17.6 Å². The van der Waals surface area contributed by atoms with E-state index >= 15 is 0 Å². The average Bonchev–Trinajstić information content (AvgIpc) is 3.50. The van der Waals surface area contributed by atoms with Crippen LogP contribution in [0.15, 0.2) is 36.5 Å². The number of aromatic amines is 1. The number of rotatable bonds is 7. The predicted molar refractivity (Wildman–Crippen MR) is 131 cm³/mol. The summed E-state index contributed by atoms with van der Waals surface area (Å²) in [5.74, 6) is -0.391. The smallest absolute Gasteiger partial charge is 0.334 e. The van der Waals surface area contributed by atoms with Gasteiger partial charge in [0.1, 0.15) is 11.8 Å². The number of aromatic hydroxyl groups is 1. The van der Waals surface area contributed by atoms with E-state index in [-0.39, 0.29) is 49.3 Å². The first-order chi connectivity index (χ1) is 17.8. The molecular weight excluding hydrogens is 478 g/mol. The van der Waals surface area contributed by atoms with Gasteiger partial charge in [-0.3, -0.25) is 4.79 Å². The number of hydrogen-bond acceptors (Lipinski definition) is 9. The van der Waals surface area contributed by atoms with Crippen LogP contribution in [0, 0.1) is 0 Å². The quantitative estimate of drug-likeness (QED) is 0.324. The Morgan fingerprint density at radius 2 is 2.27 bits per heavy atom. The summed E-state index contributed by atoms with van der Waals surface area (Å²) in [7, 11) is 2.01. The maximum Gasteiger partial charge on any atom is 0.334 e. The lowest BCUT2D eigenvalue weighted by molar-refractivity contribution is -0.170.